The molecule has 0 heterocycles. The third-order valence-corrected chi connectivity index (χ3v) is 9.87. The molecule has 0 aromatic heterocycles. The summed E-state index contributed by atoms with van der Waals surface area (Å²) < 4.78 is 0. The molecular formula is C9H22OSi. The number of aliphatic hydroxyl groups excluding tert-OH is 1. The van der Waals surface area contributed by atoms with Gasteiger partial charge in [0, 0.05) is 6.61 Å². The van der Waals surface area contributed by atoms with Crippen molar-refractivity contribution in [2.24, 2.45) is 0 Å². The van der Waals surface area contributed by atoms with Crippen LogP contribution in [0, 0.1) is 0 Å². The molecule has 0 rings (SSSR count). The van der Waals surface area contributed by atoms with E-state index in [0.717, 1.165) is 17.1 Å². The Morgan fingerprint density at radius 2 is 1.45 bits per heavy atom. The molecule has 0 unspecified atom stereocenters. The summed E-state index contributed by atoms with van der Waals surface area (Å²) in [5.74, 6) is 0. The number of hydrogen-bond acceptors (Lipinski definition) is 1. The molecule has 0 radical (unpaired) electrons. The van der Waals surface area contributed by atoms with Crippen molar-refractivity contribution in [3.05, 3.63) is 0 Å². The van der Waals surface area contributed by atoms with Gasteiger partial charge in [-0.1, -0.05) is 45.3 Å². The molecule has 0 aromatic carbocycles. The lowest BCUT2D eigenvalue weighted by Crippen LogP contribution is -2.38. The predicted octanol–water partition coefficient (Wildman–Crippen LogP) is 2.88. The fourth-order valence-electron chi connectivity index (χ4n) is 1.48. The lowest BCUT2D eigenvalue weighted by atomic mass is 10.5. The van der Waals surface area contributed by atoms with E-state index in [1.807, 2.05) is 0 Å². The van der Waals surface area contributed by atoms with Crippen molar-refractivity contribution >= 4 is 8.07 Å². The first kappa shape index (κ1) is 11.2. The zero-order valence-electron chi connectivity index (χ0n) is 8.52. The highest BCUT2D eigenvalue weighted by molar-refractivity contribution is 6.81. The van der Waals surface area contributed by atoms with E-state index in [-0.39, 0.29) is 0 Å². The Labute approximate surface area is 71.8 Å². The van der Waals surface area contributed by atoms with Crippen molar-refractivity contribution in [2.45, 2.75) is 51.4 Å². The molecule has 68 valence electrons. The van der Waals surface area contributed by atoms with E-state index in [2.05, 4.69) is 34.2 Å². The minimum Gasteiger partial charge on any atom is -0.397 e. The SMILES string of the molecule is CC(C)[Si](C)(CCO)C(C)C. The number of rotatable bonds is 4. The predicted molar refractivity (Wildman–Crippen MR) is 53.7 cm³/mol. The van der Waals surface area contributed by atoms with Gasteiger partial charge in [-0.05, 0) is 6.04 Å². The molecule has 0 aliphatic heterocycles. The average molecular weight is 174 g/mol. The molecule has 2 heteroatoms. The largest absolute Gasteiger partial charge is 0.397 e. The Morgan fingerprint density at radius 1 is 1.09 bits per heavy atom. The second-order valence-corrected chi connectivity index (χ2v) is 10.1. The van der Waals surface area contributed by atoms with Crippen molar-refractivity contribution in [3.8, 4) is 0 Å². The van der Waals surface area contributed by atoms with Crippen LogP contribution in [0.3, 0.4) is 0 Å². The monoisotopic (exact) mass is 174 g/mol. The van der Waals surface area contributed by atoms with Crippen LogP contribution in [0.1, 0.15) is 27.7 Å². The summed E-state index contributed by atoms with van der Waals surface area (Å²) in [6.07, 6.45) is 0. The van der Waals surface area contributed by atoms with Crippen LogP contribution in [-0.2, 0) is 0 Å². The molecule has 0 aliphatic rings. The van der Waals surface area contributed by atoms with Gasteiger partial charge < -0.3 is 5.11 Å². The Hall–Kier alpha value is 0.177. The molecule has 0 saturated heterocycles. The van der Waals surface area contributed by atoms with Gasteiger partial charge in [-0.25, -0.2) is 0 Å². The van der Waals surface area contributed by atoms with Gasteiger partial charge in [-0.2, -0.15) is 0 Å². The molecule has 0 amide bonds. The first-order valence-electron chi connectivity index (χ1n) is 4.56. The molecule has 0 bridgehead atoms. The molecule has 0 saturated carbocycles. The first-order chi connectivity index (χ1) is 4.95. The van der Waals surface area contributed by atoms with Crippen molar-refractivity contribution in [1.82, 2.24) is 0 Å². The van der Waals surface area contributed by atoms with Crippen LogP contribution in [0.25, 0.3) is 0 Å². The maximum atomic E-state index is 8.93. The van der Waals surface area contributed by atoms with Crippen molar-refractivity contribution < 1.29 is 5.11 Å². The first-order valence-corrected chi connectivity index (χ1v) is 7.42. The highest BCUT2D eigenvalue weighted by atomic mass is 28.3. The summed E-state index contributed by atoms with van der Waals surface area (Å²) in [4.78, 5) is 0. The van der Waals surface area contributed by atoms with Crippen molar-refractivity contribution in [1.29, 1.82) is 0 Å². The molecular weight excluding hydrogens is 152 g/mol. The van der Waals surface area contributed by atoms with E-state index < -0.39 is 8.07 Å². The zero-order chi connectivity index (χ0) is 9.07. The Bertz CT molecular complexity index is 102. The fraction of sp³-hybridized carbons (Fsp3) is 1.00. The average Bonchev–Trinajstić information content (AvgIpc) is 1.87. The molecule has 0 fully saturated rings. The van der Waals surface area contributed by atoms with Crippen LogP contribution in [0.4, 0.5) is 0 Å². The molecule has 11 heavy (non-hydrogen) atoms. The standard InChI is InChI=1S/C9H22OSi/c1-8(2)11(5,7-6-10)9(3)4/h8-10H,6-7H2,1-5H3. The summed E-state index contributed by atoms with van der Waals surface area (Å²) in [5, 5.41) is 8.93. The lowest BCUT2D eigenvalue weighted by molar-refractivity contribution is 0.315. The van der Waals surface area contributed by atoms with Gasteiger partial charge in [0.25, 0.3) is 0 Å². The minimum absolute atomic E-state index is 0.374. The highest BCUT2D eigenvalue weighted by Gasteiger charge is 2.33. The maximum Gasteiger partial charge on any atom is 0.0578 e. The third kappa shape index (κ3) is 2.60. The van der Waals surface area contributed by atoms with E-state index in [0.29, 0.717) is 6.61 Å². The van der Waals surface area contributed by atoms with Gasteiger partial charge in [0.05, 0.1) is 8.07 Å². The molecule has 0 aromatic rings. The second kappa shape index (κ2) is 4.26. The van der Waals surface area contributed by atoms with Crippen LogP contribution in [0.2, 0.25) is 23.7 Å². The topological polar surface area (TPSA) is 20.2 Å². The molecule has 0 atom stereocenters. The molecule has 1 nitrogen and oxygen atoms in total. The van der Waals surface area contributed by atoms with Gasteiger partial charge in [-0.3, -0.25) is 0 Å². The summed E-state index contributed by atoms with van der Waals surface area (Å²) in [6, 6.07) is 1.06. The quantitative estimate of drug-likeness (QED) is 0.650. The zero-order valence-corrected chi connectivity index (χ0v) is 9.52. The minimum atomic E-state index is -1.15. The van der Waals surface area contributed by atoms with Gasteiger partial charge in [0.1, 0.15) is 0 Å². The molecule has 1 N–H and O–H groups in total. The van der Waals surface area contributed by atoms with Crippen LogP contribution < -0.4 is 0 Å². The normalized spacial score (nSPS) is 13.1. The Kier molecular flexibility index (Phi) is 4.33. The van der Waals surface area contributed by atoms with E-state index >= 15 is 0 Å². The van der Waals surface area contributed by atoms with Gasteiger partial charge in [0.2, 0.25) is 0 Å². The van der Waals surface area contributed by atoms with Crippen molar-refractivity contribution in [2.75, 3.05) is 6.61 Å². The van der Waals surface area contributed by atoms with Gasteiger partial charge in [0.15, 0.2) is 0 Å². The van der Waals surface area contributed by atoms with Crippen molar-refractivity contribution in [3.63, 3.8) is 0 Å². The third-order valence-electron chi connectivity index (χ3n) is 3.29. The second-order valence-electron chi connectivity index (χ2n) is 4.29. The summed E-state index contributed by atoms with van der Waals surface area (Å²) in [5.41, 5.74) is 1.57. The van der Waals surface area contributed by atoms with Crippen LogP contribution >= 0.6 is 0 Å². The van der Waals surface area contributed by atoms with Crippen LogP contribution in [0.15, 0.2) is 0 Å². The highest BCUT2D eigenvalue weighted by Crippen LogP contribution is 2.34. The van der Waals surface area contributed by atoms with Gasteiger partial charge >= 0.3 is 0 Å². The van der Waals surface area contributed by atoms with E-state index in [9.17, 15) is 0 Å². The smallest absolute Gasteiger partial charge is 0.0578 e. The number of hydrogen-bond donors (Lipinski definition) is 1. The van der Waals surface area contributed by atoms with Gasteiger partial charge in [-0.15, -0.1) is 0 Å². The Morgan fingerprint density at radius 3 is 1.55 bits per heavy atom. The van der Waals surface area contributed by atoms with E-state index in [4.69, 9.17) is 5.11 Å². The fourth-order valence-corrected chi connectivity index (χ4v) is 4.45. The molecule has 0 spiro atoms. The van der Waals surface area contributed by atoms with E-state index in [1.54, 1.807) is 0 Å². The van der Waals surface area contributed by atoms with Crippen LogP contribution in [0.5, 0.6) is 0 Å². The Balaban J connectivity index is 4.26. The number of aliphatic hydroxyl groups is 1. The molecule has 0 aliphatic carbocycles. The lowest BCUT2D eigenvalue weighted by Gasteiger charge is -2.35. The van der Waals surface area contributed by atoms with Crippen LogP contribution in [-0.4, -0.2) is 19.8 Å². The maximum absolute atomic E-state index is 8.93. The summed E-state index contributed by atoms with van der Waals surface area (Å²) in [6.45, 7) is 11.9. The van der Waals surface area contributed by atoms with E-state index in [1.165, 1.54) is 0 Å². The summed E-state index contributed by atoms with van der Waals surface area (Å²) in [7, 11) is -1.15. The summed E-state index contributed by atoms with van der Waals surface area (Å²) >= 11 is 0.